The number of benzene rings is 2. The Morgan fingerprint density at radius 3 is 2.53 bits per heavy atom. The quantitative estimate of drug-likeness (QED) is 0.713. The normalized spacial score (nSPS) is 21.6. The van der Waals surface area contributed by atoms with E-state index in [0.717, 1.165) is 40.9 Å². The molecule has 2 atom stereocenters. The molecule has 30 heavy (non-hydrogen) atoms. The first kappa shape index (κ1) is 20.8. The molecular weight excluding hydrogens is 427 g/mol. The van der Waals surface area contributed by atoms with Crippen LogP contribution in [0.2, 0.25) is 0 Å². The van der Waals surface area contributed by atoms with Crippen LogP contribution in [-0.2, 0) is 16.7 Å². The van der Waals surface area contributed by atoms with E-state index >= 15 is 0 Å². The Labute approximate surface area is 172 Å². The number of anilines is 1. The van der Waals surface area contributed by atoms with Crippen molar-refractivity contribution in [3.63, 3.8) is 0 Å². The monoisotopic (exact) mass is 442 g/mol. The van der Waals surface area contributed by atoms with Crippen LogP contribution in [0.25, 0.3) is 0 Å². The topological polar surface area (TPSA) is 56.7 Å². The highest BCUT2D eigenvalue weighted by Crippen LogP contribution is 2.35. The van der Waals surface area contributed by atoms with E-state index < -0.39 is 41.4 Å². The van der Waals surface area contributed by atoms with Gasteiger partial charge in [0.1, 0.15) is 17.8 Å². The molecule has 2 unspecified atom stereocenters. The van der Waals surface area contributed by atoms with Crippen LogP contribution in [0.15, 0.2) is 47.5 Å². The number of thioether (sulfide) groups is 1. The number of hydrogen-bond donors (Lipinski definition) is 2. The van der Waals surface area contributed by atoms with Gasteiger partial charge in [0, 0.05) is 17.9 Å². The number of hydrogen-bond acceptors (Lipinski definition) is 5. The lowest BCUT2D eigenvalue weighted by atomic mass is 10.0. The summed E-state index contributed by atoms with van der Waals surface area (Å²) in [6.45, 7) is 0.252. The number of hydrazine groups is 1. The first-order chi connectivity index (χ1) is 14.3. The number of aliphatic imine (C=N–C) groups is 1. The number of nitrogens with one attached hydrogen (secondary N) is 2. The molecule has 158 valence electrons. The SMILES string of the molecule is O=C1C2CNNC2N=C(SCc2c(F)cccc2F)N1c1cccc(C(F)(F)F)c1. The molecule has 2 aromatic rings. The van der Waals surface area contributed by atoms with E-state index in [4.69, 9.17) is 0 Å². The standard InChI is InChI=1S/C19H15F5N4OS/c20-14-5-2-6-15(21)13(14)9-30-18-26-16-12(8-25-27-16)17(29)28(18)11-4-1-3-10(7-11)19(22,23)24/h1-7,12,16,25,27H,8-9H2. The molecule has 0 aromatic heterocycles. The van der Waals surface area contributed by atoms with Crippen molar-refractivity contribution in [2.75, 3.05) is 11.4 Å². The summed E-state index contributed by atoms with van der Waals surface area (Å²) in [4.78, 5) is 18.5. The van der Waals surface area contributed by atoms with Crippen molar-refractivity contribution in [2.45, 2.75) is 18.1 Å². The summed E-state index contributed by atoms with van der Waals surface area (Å²) < 4.78 is 67.4. The number of halogens is 5. The van der Waals surface area contributed by atoms with Gasteiger partial charge in [-0.2, -0.15) is 13.2 Å². The summed E-state index contributed by atoms with van der Waals surface area (Å²) in [5.41, 5.74) is 4.49. The van der Waals surface area contributed by atoms with Crippen LogP contribution in [0.4, 0.5) is 27.6 Å². The zero-order valence-corrected chi connectivity index (χ0v) is 16.0. The fourth-order valence-electron chi connectivity index (χ4n) is 3.23. The molecular formula is C19H15F5N4OS. The van der Waals surface area contributed by atoms with Crippen LogP contribution in [-0.4, -0.2) is 23.8 Å². The zero-order valence-electron chi connectivity index (χ0n) is 15.2. The summed E-state index contributed by atoms with van der Waals surface area (Å²) in [6, 6.07) is 7.76. The third-order valence-corrected chi connectivity index (χ3v) is 5.75. The van der Waals surface area contributed by atoms with Crippen molar-refractivity contribution in [1.82, 2.24) is 10.9 Å². The molecule has 1 amide bonds. The maximum Gasteiger partial charge on any atom is 0.416 e. The highest BCUT2D eigenvalue weighted by atomic mass is 32.2. The molecule has 0 spiro atoms. The van der Waals surface area contributed by atoms with Crippen LogP contribution in [0.5, 0.6) is 0 Å². The zero-order chi connectivity index (χ0) is 21.5. The number of amides is 1. The molecule has 11 heteroatoms. The van der Waals surface area contributed by atoms with Gasteiger partial charge < -0.3 is 0 Å². The lowest BCUT2D eigenvalue weighted by molar-refractivity contribution is -0.137. The molecule has 2 aliphatic heterocycles. The summed E-state index contributed by atoms with van der Waals surface area (Å²) in [5, 5.41) is 0.0550. The Morgan fingerprint density at radius 2 is 1.83 bits per heavy atom. The van der Waals surface area contributed by atoms with E-state index in [1.807, 2.05) is 0 Å². The van der Waals surface area contributed by atoms with E-state index in [1.54, 1.807) is 0 Å². The number of alkyl halides is 3. The predicted molar refractivity (Wildman–Crippen MR) is 102 cm³/mol. The Hall–Kier alpha value is -2.50. The number of rotatable bonds is 3. The van der Waals surface area contributed by atoms with E-state index in [2.05, 4.69) is 15.8 Å². The summed E-state index contributed by atoms with van der Waals surface area (Å²) >= 11 is 0.874. The third-order valence-electron chi connectivity index (χ3n) is 4.77. The van der Waals surface area contributed by atoms with Crippen LogP contribution in [0.1, 0.15) is 11.1 Å². The molecule has 2 aliphatic rings. The van der Waals surface area contributed by atoms with Crippen molar-refractivity contribution in [2.24, 2.45) is 10.9 Å². The van der Waals surface area contributed by atoms with Crippen LogP contribution < -0.4 is 15.8 Å². The number of carbonyl (C=O) groups is 1. The molecule has 5 nitrogen and oxygen atoms in total. The molecule has 4 rings (SSSR count). The summed E-state index contributed by atoms with van der Waals surface area (Å²) in [7, 11) is 0. The number of amidine groups is 1. The van der Waals surface area contributed by atoms with Crippen LogP contribution >= 0.6 is 11.8 Å². The minimum Gasteiger partial charge on any atom is -0.274 e. The second-order valence-electron chi connectivity index (χ2n) is 6.70. The van der Waals surface area contributed by atoms with E-state index in [9.17, 15) is 26.7 Å². The molecule has 0 radical (unpaired) electrons. The minimum absolute atomic E-state index is 0.0135. The molecule has 1 fully saturated rings. The van der Waals surface area contributed by atoms with Crippen molar-refractivity contribution in [1.29, 1.82) is 0 Å². The predicted octanol–water partition coefficient (Wildman–Crippen LogP) is 3.67. The maximum absolute atomic E-state index is 14.0. The average Bonchev–Trinajstić information content (AvgIpc) is 3.16. The number of nitrogens with zero attached hydrogens (tertiary/aromatic N) is 2. The fraction of sp³-hybridized carbons (Fsp3) is 0.263. The fourth-order valence-corrected chi connectivity index (χ4v) is 4.30. The second-order valence-corrected chi connectivity index (χ2v) is 7.64. The highest BCUT2D eigenvalue weighted by Gasteiger charge is 2.43. The van der Waals surface area contributed by atoms with Gasteiger partial charge in [-0.1, -0.05) is 23.9 Å². The molecule has 0 aliphatic carbocycles. The Balaban J connectivity index is 1.70. The van der Waals surface area contributed by atoms with Gasteiger partial charge in [-0.05, 0) is 30.3 Å². The first-order valence-corrected chi connectivity index (χ1v) is 9.87. The third kappa shape index (κ3) is 3.92. The van der Waals surface area contributed by atoms with Crippen molar-refractivity contribution < 1.29 is 26.7 Å². The van der Waals surface area contributed by atoms with Gasteiger partial charge >= 0.3 is 6.18 Å². The van der Waals surface area contributed by atoms with E-state index in [1.165, 1.54) is 18.2 Å². The molecule has 0 bridgehead atoms. The van der Waals surface area contributed by atoms with Gasteiger partial charge in [0.15, 0.2) is 5.17 Å². The Kier molecular flexibility index (Phi) is 5.51. The molecule has 1 saturated heterocycles. The van der Waals surface area contributed by atoms with Crippen LogP contribution in [0, 0.1) is 17.6 Å². The molecule has 2 aromatic carbocycles. The number of carbonyl (C=O) groups excluding carboxylic acids is 1. The van der Waals surface area contributed by atoms with Gasteiger partial charge in [-0.15, -0.1) is 0 Å². The largest absolute Gasteiger partial charge is 0.416 e. The smallest absolute Gasteiger partial charge is 0.274 e. The summed E-state index contributed by atoms with van der Waals surface area (Å²) in [6.07, 6.45) is -5.21. The molecule has 2 heterocycles. The summed E-state index contributed by atoms with van der Waals surface area (Å²) in [5.74, 6) is -2.77. The Morgan fingerprint density at radius 1 is 1.13 bits per heavy atom. The lowest BCUT2D eigenvalue weighted by Gasteiger charge is -2.32. The van der Waals surface area contributed by atoms with Gasteiger partial charge in [-0.25, -0.2) is 19.2 Å². The van der Waals surface area contributed by atoms with Crippen LogP contribution in [0.3, 0.4) is 0 Å². The average molecular weight is 442 g/mol. The first-order valence-electron chi connectivity index (χ1n) is 8.89. The number of fused-ring (bicyclic) bond motifs is 1. The van der Waals surface area contributed by atoms with Crippen molar-refractivity contribution in [3.8, 4) is 0 Å². The second kappa shape index (κ2) is 7.97. The van der Waals surface area contributed by atoms with Gasteiger partial charge in [-0.3, -0.25) is 15.1 Å². The maximum atomic E-state index is 14.0. The minimum atomic E-state index is -4.59. The molecule has 0 saturated carbocycles. The van der Waals surface area contributed by atoms with Gasteiger partial charge in [0.25, 0.3) is 0 Å². The Bertz CT molecular complexity index is 992. The highest BCUT2D eigenvalue weighted by molar-refractivity contribution is 8.13. The van der Waals surface area contributed by atoms with Gasteiger partial charge in [0.05, 0.1) is 17.2 Å². The van der Waals surface area contributed by atoms with E-state index in [-0.39, 0.29) is 28.7 Å². The van der Waals surface area contributed by atoms with Gasteiger partial charge in [0.2, 0.25) is 5.91 Å². The molecule has 2 N–H and O–H groups in total. The lowest BCUT2D eigenvalue weighted by Crippen LogP contribution is -2.49. The van der Waals surface area contributed by atoms with Crippen molar-refractivity contribution in [3.05, 3.63) is 65.2 Å². The van der Waals surface area contributed by atoms with E-state index in [0.29, 0.717) is 0 Å². The van der Waals surface area contributed by atoms with Crippen molar-refractivity contribution >= 4 is 28.5 Å².